The van der Waals surface area contributed by atoms with Gasteiger partial charge in [0.05, 0.1) is 5.69 Å². The lowest BCUT2D eigenvalue weighted by Crippen LogP contribution is -1.99. The van der Waals surface area contributed by atoms with E-state index in [9.17, 15) is 0 Å². The fraction of sp³-hybridized carbons (Fsp3) is 0.0667. The van der Waals surface area contributed by atoms with Crippen molar-refractivity contribution < 1.29 is 4.74 Å². The topological polar surface area (TPSA) is 40.8 Å². The minimum absolute atomic E-state index is 0.464. The largest absolute Gasteiger partial charge is 0.488 e. The van der Waals surface area contributed by atoms with E-state index in [1.807, 2.05) is 48.7 Å². The predicted octanol–water partition coefficient (Wildman–Crippen LogP) is 4.90. The van der Waals surface area contributed by atoms with Crippen LogP contribution in [0.15, 0.2) is 48.7 Å². The predicted molar refractivity (Wildman–Crippen MR) is 81.4 cm³/mol. The summed E-state index contributed by atoms with van der Waals surface area (Å²) in [4.78, 5) is 0. The molecule has 3 aromatic rings. The molecule has 1 heterocycles. The van der Waals surface area contributed by atoms with Crippen LogP contribution in [0.1, 0.15) is 5.56 Å². The second-order valence-electron chi connectivity index (χ2n) is 4.38. The number of aromatic nitrogens is 2. The van der Waals surface area contributed by atoms with Crippen LogP contribution < -0.4 is 4.74 Å². The maximum Gasteiger partial charge on any atom is 0.130 e. The molecule has 3 nitrogen and oxygen atoms in total. The molecule has 0 aliphatic heterocycles. The molecule has 5 heteroatoms. The van der Waals surface area contributed by atoms with Crippen molar-refractivity contribution in [1.29, 1.82) is 0 Å². The first kappa shape index (κ1) is 13.2. The summed E-state index contributed by atoms with van der Waals surface area (Å²) < 4.78 is 5.86. The number of hydrogen-bond acceptors (Lipinski definition) is 1. The number of hydrogen-bond donors (Lipinski definition) is 2. The van der Waals surface area contributed by atoms with E-state index in [1.165, 1.54) is 0 Å². The average Bonchev–Trinajstić information content (AvgIpc) is 2.39. The highest BCUT2D eigenvalue weighted by atomic mass is 35.5. The van der Waals surface area contributed by atoms with Crippen LogP contribution >= 0.6 is 23.2 Å². The van der Waals surface area contributed by atoms with E-state index in [-0.39, 0.29) is 0 Å². The van der Waals surface area contributed by atoms with Gasteiger partial charge in [-0.3, -0.25) is 5.10 Å². The third kappa shape index (κ3) is 2.84. The van der Waals surface area contributed by atoms with Crippen molar-refractivity contribution in [2.24, 2.45) is 0 Å². The van der Waals surface area contributed by atoms with E-state index in [0.29, 0.717) is 16.7 Å². The van der Waals surface area contributed by atoms with Crippen LogP contribution in [-0.4, -0.2) is 10.2 Å². The van der Waals surface area contributed by atoms with Gasteiger partial charge in [0.15, 0.2) is 0 Å². The summed E-state index contributed by atoms with van der Waals surface area (Å²) in [5.41, 5.74) is 3.00. The Bertz CT molecular complexity index is 692. The lowest BCUT2D eigenvalue weighted by Gasteiger charge is -2.13. The van der Waals surface area contributed by atoms with Gasteiger partial charge >= 0.3 is 0 Å². The van der Waals surface area contributed by atoms with Crippen LogP contribution in [-0.2, 0) is 6.61 Å². The zero-order valence-corrected chi connectivity index (χ0v) is 12.0. The summed E-state index contributed by atoms with van der Waals surface area (Å²) in [6.07, 6.45) is 1.87. The van der Waals surface area contributed by atoms with E-state index in [4.69, 9.17) is 27.9 Å². The second-order valence-corrected chi connectivity index (χ2v) is 5.26. The number of benzene rings is 2. The molecule has 0 spiro atoms. The molecule has 0 aliphatic carbocycles. The maximum absolute atomic E-state index is 6.03. The molecule has 3 rings (SSSR count). The fourth-order valence-electron chi connectivity index (χ4n) is 1.87. The van der Waals surface area contributed by atoms with Gasteiger partial charge < -0.3 is 9.84 Å². The average molecular weight is 307 g/mol. The number of nitrogens with one attached hydrogen (secondary N) is 2. The minimum atomic E-state index is 0.464. The highest BCUT2D eigenvalue weighted by Gasteiger charge is 2.09. The zero-order chi connectivity index (χ0) is 13.9. The zero-order valence-electron chi connectivity index (χ0n) is 10.5. The Morgan fingerprint density at radius 2 is 1.65 bits per heavy atom. The molecule has 20 heavy (non-hydrogen) atoms. The van der Waals surface area contributed by atoms with Crippen LogP contribution in [0.25, 0.3) is 11.3 Å². The van der Waals surface area contributed by atoms with Gasteiger partial charge in [0.2, 0.25) is 0 Å². The quantitative estimate of drug-likeness (QED) is 0.707. The smallest absolute Gasteiger partial charge is 0.130 e. The van der Waals surface area contributed by atoms with Crippen molar-refractivity contribution in [3.05, 3.63) is 64.3 Å². The number of halogens is 2. The van der Waals surface area contributed by atoms with Gasteiger partial charge in [-0.1, -0.05) is 35.3 Å². The van der Waals surface area contributed by atoms with Gasteiger partial charge in [-0.25, -0.2) is 0 Å². The minimum Gasteiger partial charge on any atom is -0.488 e. The Morgan fingerprint density at radius 3 is 2.30 bits per heavy atom. The highest BCUT2D eigenvalue weighted by Crippen LogP contribution is 2.32. The van der Waals surface area contributed by atoms with Gasteiger partial charge in [-0.15, -0.1) is 0 Å². The first-order chi connectivity index (χ1) is 9.72. The highest BCUT2D eigenvalue weighted by molar-refractivity contribution is 6.31. The molecule has 0 unspecified atom stereocenters. The molecule has 2 N–H and O–H groups in total. The first-order valence-corrected chi connectivity index (χ1v) is 6.87. The molecule has 0 aliphatic rings. The van der Waals surface area contributed by atoms with Gasteiger partial charge in [0, 0.05) is 21.8 Å². The van der Waals surface area contributed by atoms with E-state index in [2.05, 4.69) is 10.2 Å². The van der Waals surface area contributed by atoms with Crippen molar-refractivity contribution in [3.63, 3.8) is 0 Å². The number of H-pyrrole nitrogens is 2. The number of ether oxygens (including phenoxy) is 1. The van der Waals surface area contributed by atoms with Crippen molar-refractivity contribution in [3.8, 4) is 17.0 Å². The monoisotopic (exact) mass is 306 g/mol. The van der Waals surface area contributed by atoms with Crippen LogP contribution in [0.2, 0.25) is 10.0 Å². The molecule has 0 bridgehead atoms. The molecule has 0 saturated heterocycles. The third-order valence-corrected chi connectivity index (χ3v) is 3.45. The molecule has 0 fully saturated rings. The van der Waals surface area contributed by atoms with Gasteiger partial charge in [0.1, 0.15) is 12.4 Å². The van der Waals surface area contributed by atoms with Crippen molar-refractivity contribution in [2.45, 2.75) is 6.61 Å². The number of rotatable bonds is 4. The summed E-state index contributed by atoms with van der Waals surface area (Å²) in [7, 11) is 0. The Balaban J connectivity index is 1.80. The summed E-state index contributed by atoms with van der Waals surface area (Å²) >= 11 is 11.9. The van der Waals surface area contributed by atoms with Gasteiger partial charge in [0.25, 0.3) is 0 Å². The molecular weight excluding hydrogens is 295 g/mol. The van der Waals surface area contributed by atoms with Gasteiger partial charge in [-0.05, 0) is 35.9 Å². The molecule has 0 radical (unpaired) electrons. The number of aromatic amines is 2. The van der Waals surface area contributed by atoms with Crippen molar-refractivity contribution in [2.75, 3.05) is 0 Å². The Kier molecular flexibility index (Phi) is 3.72. The van der Waals surface area contributed by atoms with E-state index in [1.54, 1.807) is 0 Å². The fourth-order valence-corrected chi connectivity index (χ4v) is 2.16. The van der Waals surface area contributed by atoms with E-state index >= 15 is 0 Å². The third-order valence-electron chi connectivity index (χ3n) is 2.96. The summed E-state index contributed by atoms with van der Waals surface area (Å²) in [5, 5.41) is 7.23. The summed E-state index contributed by atoms with van der Waals surface area (Å²) in [5.74, 6) is 0.743. The first-order valence-electron chi connectivity index (χ1n) is 6.11. The SMILES string of the molecule is Clc1ccc(COc2cc(Cl)ccc2-c2c[nH][nH]2)cc1. The Hall–Kier alpha value is -1.84. The van der Waals surface area contributed by atoms with Crippen LogP contribution in [0, 0.1) is 0 Å². The maximum atomic E-state index is 6.03. The Morgan fingerprint density at radius 1 is 0.950 bits per heavy atom. The van der Waals surface area contributed by atoms with E-state index in [0.717, 1.165) is 22.6 Å². The van der Waals surface area contributed by atoms with Crippen molar-refractivity contribution in [1.82, 2.24) is 10.2 Å². The van der Waals surface area contributed by atoms with Crippen molar-refractivity contribution >= 4 is 23.2 Å². The lowest BCUT2D eigenvalue weighted by molar-refractivity contribution is 0.307. The van der Waals surface area contributed by atoms with Crippen LogP contribution in [0.5, 0.6) is 5.75 Å². The molecule has 0 atom stereocenters. The Labute approximate surface area is 126 Å². The molecule has 102 valence electrons. The molecule has 0 amide bonds. The lowest BCUT2D eigenvalue weighted by atomic mass is 10.1. The molecular formula is C15H12Cl2N2O. The summed E-state index contributed by atoms with van der Waals surface area (Å²) in [6.45, 7) is 0.464. The van der Waals surface area contributed by atoms with Gasteiger partial charge in [-0.2, -0.15) is 0 Å². The van der Waals surface area contributed by atoms with Crippen LogP contribution in [0.4, 0.5) is 0 Å². The molecule has 0 saturated carbocycles. The standard InChI is InChI=1S/C15H12Cl2N2O/c16-11-3-1-10(2-4-11)9-20-15-7-12(17)5-6-13(15)14-8-18-19-14/h1-8,18-19H,9H2. The molecule has 2 aromatic carbocycles. The van der Waals surface area contributed by atoms with E-state index < -0.39 is 0 Å². The normalized spacial score (nSPS) is 10.7. The summed E-state index contributed by atoms with van der Waals surface area (Å²) in [6, 6.07) is 13.2. The second kappa shape index (κ2) is 5.65. The molecule has 1 aromatic heterocycles. The van der Waals surface area contributed by atoms with Crippen LogP contribution in [0.3, 0.4) is 0 Å².